The molecule has 0 saturated heterocycles. The maximum absolute atomic E-state index is 12.8. The summed E-state index contributed by atoms with van der Waals surface area (Å²) in [6.07, 6.45) is 1.47. The van der Waals surface area contributed by atoms with Gasteiger partial charge in [0.1, 0.15) is 11.4 Å². The number of anilines is 1. The van der Waals surface area contributed by atoms with Crippen LogP contribution in [0.3, 0.4) is 0 Å². The molecule has 1 N–H and O–H groups in total. The van der Waals surface area contributed by atoms with Gasteiger partial charge in [0.15, 0.2) is 0 Å². The first kappa shape index (κ1) is 20.8. The highest BCUT2D eigenvalue weighted by atomic mass is 35.5. The van der Waals surface area contributed by atoms with Crippen molar-refractivity contribution in [2.45, 2.75) is 24.8 Å². The summed E-state index contributed by atoms with van der Waals surface area (Å²) in [5.74, 6) is 0.128. The summed E-state index contributed by atoms with van der Waals surface area (Å²) in [5.41, 5.74) is 0.414. The zero-order chi connectivity index (χ0) is 21.0. The molecule has 150 valence electrons. The van der Waals surface area contributed by atoms with Crippen molar-refractivity contribution in [2.75, 3.05) is 4.72 Å². The first-order valence-corrected chi connectivity index (χ1v) is 10.7. The summed E-state index contributed by atoms with van der Waals surface area (Å²) >= 11 is 6.03. The van der Waals surface area contributed by atoms with Crippen LogP contribution in [0.4, 0.5) is 5.69 Å². The first-order valence-electron chi connectivity index (χ1n) is 8.81. The molecule has 0 atom stereocenters. The monoisotopic (exact) mass is 430 g/mol. The molecule has 3 aromatic rings. The van der Waals surface area contributed by atoms with Gasteiger partial charge in [-0.2, -0.15) is 0 Å². The van der Waals surface area contributed by atoms with Gasteiger partial charge in [0.2, 0.25) is 5.78 Å². The third kappa shape index (κ3) is 5.13. The largest absolute Gasteiger partial charge is 0.491 e. The molecule has 1 aromatic heterocycles. The second-order valence-electron chi connectivity index (χ2n) is 6.48. The van der Waals surface area contributed by atoms with E-state index in [-0.39, 0.29) is 27.9 Å². The molecule has 0 radical (unpaired) electrons. The van der Waals surface area contributed by atoms with Crippen molar-refractivity contribution < 1.29 is 17.9 Å². The third-order valence-electron chi connectivity index (χ3n) is 3.87. The number of rotatable bonds is 7. The van der Waals surface area contributed by atoms with E-state index < -0.39 is 15.8 Å². The second-order valence-corrected chi connectivity index (χ2v) is 8.60. The Labute approximate surface area is 174 Å². The van der Waals surface area contributed by atoms with Crippen LogP contribution < -0.4 is 9.46 Å². The number of carbonyl (C=O) groups is 1. The smallest absolute Gasteiger partial charge is 0.261 e. The van der Waals surface area contributed by atoms with E-state index in [1.54, 1.807) is 30.3 Å². The lowest BCUT2D eigenvalue weighted by Gasteiger charge is -2.13. The van der Waals surface area contributed by atoms with E-state index in [1.807, 2.05) is 13.8 Å². The maximum Gasteiger partial charge on any atom is 0.261 e. The molecule has 29 heavy (non-hydrogen) atoms. The molecule has 0 amide bonds. The average molecular weight is 431 g/mol. The van der Waals surface area contributed by atoms with E-state index >= 15 is 0 Å². The fraction of sp³-hybridized carbons (Fsp3) is 0.143. The van der Waals surface area contributed by atoms with Crippen molar-refractivity contribution in [1.82, 2.24) is 4.98 Å². The molecule has 0 fully saturated rings. The summed E-state index contributed by atoms with van der Waals surface area (Å²) < 4.78 is 33.6. The Morgan fingerprint density at radius 1 is 1.07 bits per heavy atom. The Bertz CT molecular complexity index is 1120. The number of ether oxygens (including phenoxy) is 1. The summed E-state index contributed by atoms with van der Waals surface area (Å²) in [5, 5.41) is 0.308. The molecule has 0 bridgehead atoms. The number of sulfonamides is 1. The minimum Gasteiger partial charge on any atom is -0.491 e. The minimum absolute atomic E-state index is 0.0233. The summed E-state index contributed by atoms with van der Waals surface area (Å²) in [6, 6.07) is 15.3. The molecule has 1 heterocycles. The van der Waals surface area contributed by atoms with Crippen LogP contribution in [0.15, 0.2) is 71.8 Å². The van der Waals surface area contributed by atoms with E-state index in [1.165, 1.54) is 36.5 Å². The van der Waals surface area contributed by atoms with Gasteiger partial charge in [-0.3, -0.25) is 14.5 Å². The Morgan fingerprint density at radius 3 is 2.41 bits per heavy atom. The normalized spacial score (nSPS) is 11.3. The summed E-state index contributed by atoms with van der Waals surface area (Å²) in [7, 11) is -3.93. The van der Waals surface area contributed by atoms with Crippen molar-refractivity contribution in [3.05, 3.63) is 83.1 Å². The Morgan fingerprint density at radius 2 is 1.79 bits per heavy atom. The zero-order valence-corrected chi connectivity index (χ0v) is 17.4. The minimum atomic E-state index is -3.93. The molecule has 0 aliphatic carbocycles. The van der Waals surface area contributed by atoms with Gasteiger partial charge in [0.25, 0.3) is 10.0 Å². The fourth-order valence-corrected chi connectivity index (χ4v) is 3.85. The highest BCUT2D eigenvalue weighted by Gasteiger charge is 2.21. The van der Waals surface area contributed by atoms with Gasteiger partial charge in [-0.15, -0.1) is 0 Å². The molecular weight excluding hydrogens is 412 g/mol. The number of hydrogen-bond acceptors (Lipinski definition) is 5. The van der Waals surface area contributed by atoms with E-state index in [9.17, 15) is 13.2 Å². The number of halogens is 1. The Balaban J connectivity index is 1.92. The van der Waals surface area contributed by atoms with Crippen LogP contribution in [0.5, 0.6) is 5.75 Å². The molecule has 3 rings (SSSR count). The molecule has 2 aromatic carbocycles. The van der Waals surface area contributed by atoms with E-state index in [4.69, 9.17) is 16.3 Å². The van der Waals surface area contributed by atoms with E-state index in [0.717, 1.165) is 0 Å². The van der Waals surface area contributed by atoms with Crippen LogP contribution in [0.1, 0.15) is 29.9 Å². The predicted octanol–water partition coefficient (Wildman–Crippen LogP) is 4.55. The predicted molar refractivity (Wildman–Crippen MR) is 112 cm³/mol. The molecule has 6 nitrogen and oxygen atoms in total. The molecular formula is C21H19ClN2O4S. The Hall–Kier alpha value is -2.90. The lowest BCUT2D eigenvalue weighted by molar-refractivity contribution is 0.103. The summed E-state index contributed by atoms with van der Waals surface area (Å²) in [4.78, 5) is 16.9. The SMILES string of the molecule is CC(C)Oc1ccc(S(=O)(=O)Nc2ccc(Cl)cc2C(=O)c2ccccn2)cc1. The van der Waals surface area contributed by atoms with Crippen LogP contribution in [0, 0.1) is 0 Å². The van der Waals surface area contributed by atoms with Gasteiger partial charge in [-0.05, 0) is 68.4 Å². The van der Waals surface area contributed by atoms with Crippen molar-refractivity contribution in [1.29, 1.82) is 0 Å². The first-order chi connectivity index (χ1) is 13.8. The third-order valence-corrected chi connectivity index (χ3v) is 5.49. The van der Waals surface area contributed by atoms with Crippen LogP contribution in [0.2, 0.25) is 5.02 Å². The number of hydrogen-bond donors (Lipinski definition) is 1. The van der Waals surface area contributed by atoms with Crippen LogP contribution in [-0.4, -0.2) is 25.3 Å². The highest BCUT2D eigenvalue weighted by molar-refractivity contribution is 7.92. The number of aromatic nitrogens is 1. The van der Waals surface area contributed by atoms with Gasteiger partial charge in [-0.25, -0.2) is 8.42 Å². The number of carbonyl (C=O) groups excluding carboxylic acids is 1. The highest BCUT2D eigenvalue weighted by Crippen LogP contribution is 2.26. The van der Waals surface area contributed by atoms with Gasteiger partial charge >= 0.3 is 0 Å². The molecule has 0 spiro atoms. The van der Waals surface area contributed by atoms with Crippen LogP contribution in [0.25, 0.3) is 0 Å². The number of ketones is 1. The summed E-state index contributed by atoms with van der Waals surface area (Å²) in [6.45, 7) is 3.76. The van der Waals surface area contributed by atoms with Crippen molar-refractivity contribution in [3.8, 4) is 5.75 Å². The standard InChI is InChI=1S/C21H19ClN2O4S/c1-14(2)28-16-7-9-17(10-8-16)29(26,27)24-19-11-6-15(22)13-18(19)21(25)20-5-3-4-12-23-20/h3-14,24H,1-2H3. The van der Waals surface area contributed by atoms with Crippen LogP contribution in [-0.2, 0) is 10.0 Å². The number of pyridine rings is 1. The lowest BCUT2D eigenvalue weighted by atomic mass is 10.1. The maximum atomic E-state index is 12.8. The topological polar surface area (TPSA) is 85.4 Å². The molecule has 0 aliphatic heterocycles. The lowest BCUT2D eigenvalue weighted by Crippen LogP contribution is -2.16. The molecule has 0 unspecified atom stereocenters. The van der Waals surface area contributed by atoms with E-state index in [2.05, 4.69) is 9.71 Å². The molecule has 0 aliphatic rings. The number of nitrogens with zero attached hydrogens (tertiary/aromatic N) is 1. The fourth-order valence-electron chi connectivity index (χ4n) is 2.60. The molecule has 8 heteroatoms. The van der Waals surface area contributed by atoms with Crippen molar-refractivity contribution >= 4 is 33.1 Å². The van der Waals surface area contributed by atoms with Gasteiger partial charge in [-0.1, -0.05) is 17.7 Å². The van der Waals surface area contributed by atoms with Gasteiger partial charge in [0.05, 0.1) is 16.7 Å². The van der Waals surface area contributed by atoms with Gasteiger partial charge < -0.3 is 4.74 Å². The van der Waals surface area contributed by atoms with E-state index in [0.29, 0.717) is 10.8 Å². The van der Waals surface area contributed by atoms with Gasteiger partial charge in [0, 0.05) is 16.8 Å². The quantitative estimate of drug-likeness (QED) is 0.555. The average Bonchev–Trinajstić information content (AvgIpc) is 2.69. The number of benzene rings is 2. The van der Waals surface area contributed by atoms with Crippen molar-refractivity contribution in [2.24, 2.45) is 0 Å². The van der Waals surface area contributed by atoms with Crippen LogP contribution >= 0.6 is 11.6 Å². The zero-order valence-electron chi connectivity index (χ0n) is 15.8. The van der Waals surface area contributed by atoms with Crippen molar-refractivity contribution in [3.63, 3.8) is 0 Å². The second kappa shape index (κ2) is 8.63. The molecule has 0 saturated carbocycles. The Kier molecular flexibility index (Phi) is 6.20. The number of nitrogens with one attached hydrogen (secondary N) is 1.